The molecule has 0 aromatic heterocycles. The first kappa shape index (κ1) is 16.2. The lowest BCUT2D eigenvalue weighted by molar-refractivity contribution is 0.226. The van der Waals surface area contributed by atoms with Gasteiger partial charge in [-0.25, -0.2) is 4.99 Å². The first-order valence-corrected chi connectivity index (χ1v) is 9.27. The van der Waals surface area contributed by atoms with Gasteiger partial charge in [0.2, 0.25) is 0 Å². The van der Waals surface area contributed by atoms with E-state index in [9.17, 15) is 0 Å². The quantitative estimate of drug-likeness (QED) is 0.430. The van der Waals surface area contributed by atoms with Gasteiger partial charge in [-0.15, -0.1) is 0 Å². The highest BCUT2D eigenvalue weighted by molar-refractivity contribution is 7.78. The average molecular weight is 294 g/mol. The van der Waals surface area contributed by atoms with Gasteiger partial charge in [0.05, 0.1) is 11.2 Å². The first-order valence-electron chi connectivity index (χ1n) is 8.86. The summed E-state index contributed by atoms with van der Waals surface area (Å²) in [5.41, 5.74) is 0. The summed E-state index contributed by atoms with van der Waals surface area (Å²) < 4.78 is 0. The largest absolute Gasteiger partial charge is 0.229 e. The molecule has 2 aliphatic rings. The van der Waals surface area contributed by atoms with Crippen molar-refractivity contribution < 1.29 is 0 Å². The predicted octanol–water partition coefficient (Wildman–Crippen LogP) is 6.03. The van der Waals surface area contributed by atoms with E-state index in [0.717, 1.165) is 17.8 Å². The maximum atomic E-state index is 4.72. The van der Waals surface area contributed by atoms with Crippen LogP contribution < -0.4 is 0 Å². The summed E-state index contributed by atoms with van der Waals surface area (Å²) in [6, 6.07) is 0.484. The molecule has 114 valence electrons. The van der Waals surface area contributed by atoms with E-state index < -0.39 is 0 Å². The van der Waals surface area contributed by atoms with Crippen LogP contribution >= 0.6 is 12.2 Å². The van der Waals surface area contributed by atoms with E-state index in [1.807, 2.05) is 0 Å². The van der Waals surface area contributed by atoms with Gasteiger partial charge in [-0.05, 0) is 55.7 Å². The van der Waals surface area contributed by atoms with Crippen LogP contribution in [0.15, 0.2) is 4.99 Å². The van der Waals surface area contributed by atoms with Crippen LogP contribution in [-0.4, -0.2) is 11.2 Å². The summed E-state index contributed by atoms with van der Waals surface area (Å²) in [6.45, 7) is 2.48. The van der Waals surface area contributed by atoms with E-state index in [1.54, 1.807) is 0 Å². The molecule has 0 radical (unpaired) electrons. The Morgan fingerprint density at radius 1 is 1.05 bits per heavy atom. The van der Waals surface area contributed by atoms with Crippen molar-refractivity contribution in [2.45, 2.75) is 90.0 Å². The summed E-state index contributed by atoms with van der Waals surface area (Å²) in [4.78, 5) is 4.27. The van der Waals surface area contributed by atoms with Crippen molar-refractivity contribution in [1.82, 2.24) is 0 Å². The molecule has 0 aromatic rings. The van der Waals surface area contributed by atoms with Crippen molar-refractivity contribution in [1.29, 1.82) is 0 Å². The van der Waals surface area contributed by atoms with Gasteiger partial charge in [0.1, 0.15) is 0 Å². The Kier molecular flexibility index (Phi) is 7.24. The molecule has 2 saturated carbocycles. The Balaban J connectivity index is 1.60. The van der Waals surface area contributed by atoms with Crippen molar-refractivity contribution in [2.75, 3.05) is 0 Å². The molecule has 2 fully saturated rings. The molecule has 1 atom stereocenters. The second-order valence-electron chi connectivity index (χ2n) is 7.20. The van der Waals surface area contributed by atoms with Gasteiger partial charge in [-0.3, -0.25) is 0 Å². The van der Waals surface area contributed by atoms with Crippen LogP contribution in [0.4, 0.5) is 0 Å². The van der Waals surface area contributed by atoms with Gasteiger partial charge in [-0.2, -0.15) is 0 Å². The summed E-state index contributed by atoms with van der Waals surface area (Å²) in [5, 5.41) is 2.56. The Bertz CT molecular complexity index is 307. The van der Waals surface area contributed by atoms with E-state index in [1.165, 1.54) is 77.0 Å². The minimum atomic E-state index is 0.484. The molecule has 0 saturated heterocycles. The lowest BCUT2D eigenvalue weighted by Crippen LogP contribution is -2.22. The molecule has 0 aliphatic heterocycles. The van der Waals surface area contributed by atoms with E-state index >= 15 is 0 Å². The molecular formula is C18H31NS. The molecule has 2 aliphatic carbocycles. The molecule has 1 unspecified atom stereocenters. The molecule has 0 spiro atoms. The van der Waals surface area contributed by atoms with Crippen LogP contribution in [0, 0.1) is 17.8 Å². The SMILES string of the molecule is CC(CCCC1CCCCC1)C1CCC(N=C=S)CC1. The normalized spacial score (nSPS) is 29.6. The highest BCUT2D eigenvalue weighted by atomic mass is 32.1. The van der Waals surface area contributed by atoms with Gasteiger partial charge in [0.25, 0.3) is 0 Å². The van der Waals surface area contributed by atoms with Crippen LogP contribution in [0.1, 0.15) is 84.0 Å². The van der Waals surface area contributed by atoms with E-state index in [4.69, 9.17) is 12.2 Å². The molecule has 0 heterocycles. The number of thiocarbonyl (C=S) groups is 1. The fourth-order valence-corrected chi connectivity index (χ4v) is 4.46. The highest BCUT2D eigenvalue weighted by Gasteiger charge is 2.24. The van der Waals surface area contributed by atoms with Gasteiger partial charge >= 0.3 is 0 Å². The minimum Gasteiger partial charge on any atom is -0.229 e. The van der Waals surface area contributed by atoms with E-state index in [2.05, 4.69) is 17.1 Å². The van der Waals surface area contributed by atoms with Crippen LogP contribution in [0.2, 0.25) is 0 Å². The highest BCUT2D eigenvalue weighted by Crippen LogP contribution is 2.35. The second-order valence-corrected chi connectivity index (χ2v) is 7.38. The van der Waals surface area contributed by atoms with Gasteiger partial charge in [0.15, 0.2) is 0 Å². The van der Waals surface area contributed by atoms with Crippen molar-refractivity contribution in [3.63, 3.8) is 0 Å². The third-order valence-electron chi connectivity index (χ3n) is 5.78. The first-order chi connectivity index (χ1) is 9.79. The summed E-state index contributed by atoms with van der Waals surface area (Å²) in [7, 11) is 0. The molecule has 0 amide bonds. The molecular weight excluding hydrogens is 262 g/mol. The summed E-state index contributed by atoms with van der Waals surface area (Å²) in [5.74, 6) is 2.91. The lowest BCUT2D eigenvalue weighted by atomic mass is 9.76. The molecule has 0 bridgehead atoms. The van der Waals surface area contributed by atoms with Gasteiger partial charge in [0, 0.05) is 0 Å². The number of hydrogen-bond donors (Lipinski definition) is 0. The number of nitrogens with zero attached hydrogens (tertiary/aromatic N) is 1. The molecule has 1 nitrogen and oxygen atoms in total. The smallest absolute Gasteiger partial charge is 0.0603 e. The minimum absolute atomic E-state index is 0.484. The van der Waals surface area contributed by atoms with Crippen LogP contribution in [-0.2, 0) is 0 Å². The number of rotatable bonds is 6. The van der Waals surface area contributed by atoms with Gasteiger partial charge in [-0.1, -0.05) is 58.3 Å². The number of hydrogen-bond acceptors (Lipinski definition) is 2. The van der Waals surface area contributed by atoms with Crippen molar-refractivity contribution in [3.8, 4) is 0 Å². The van der Waals surface area contributed by atoms with E-state index in [0.29, 0.717) is 6.04 Å². The zero-order chi connectivity index (χ0) is 14.2. The second kappa shape index (κ2) is 8.95. The Labute approximate surface area is 130 Å². The van der Waals surface area contributed by atoms with E-state index in [-0.39, 0.29) is 0 Å². The van der Waals surface area contributed by atoms with Crippen molar-refractivity contribution in [3.05, 3.63) is 0 Å². The zero-order valence-electron chi connectivity index (χ0n) is 13.2. The van der Waals surface area contributed by atoms with Crippen LogP contribution in [0.3, 0.4) is 0 Å². The molecule has 2 heteroatoms. The monoisotopic (exact) mass is 293 g/mol. The molecule has 0 N–H and O–H groups in total. The standard InChI is InChI=1S/C18H31NS/c1-15(6-5-9-16-7-3-2-4-8-16)17-10-12-18(13-11-17)19-14-20/h15-18H,2-13H2,1H3. The summed E-state index contributed by atoms with van der Waals surface area (Å²) in [6.07, 6.45) is 17.1. The number of aliphatic imine (C=N–C) groups is 1. The lowest BCUT2D eigenvalue weighted by Gasteiger charge is -2.31. The van der Waals surface area contributed by atoms with Crippen molar-refractivity contribution in [2.24, 2.45) is 22.7 Å². The number of isothiocyanates is 1. The predicted molar refractivity (Wildman–Crippen MR) is 90.4 cm³/mol. The van der Waals surface area contributed by atoms with Crippen LogP contribution in [0.25, 0.3) is 0 Å². The van der Waals surface area contributed by atoms with Crippen molar-refractivity contribution >= 4 is 17.4 Å². The fourth-order valence-electron chi connectivity index (χ4n) is 4.31. The maximum Gasteiger partial charge on any atom is 0.0603 e. The third kappa shape index (κ3) is 5.30. The Hall–Kier alpha value is -0.200. The topological polar surface area (TPSA) is 12.4 Å². The molecule has 2 rings (SSSR count). The Morgan fingerprint density at radius 3 is 2.40 bits per heavy atom. The van der Waals surface area contributed by atoms with Crippen LogP contribution in [0.5, 0.6) is 0 Å². The zero-order valence-corrected chi connectivity index (χ0v) is 14.0. The van der Waals surface area contributed by atoms with Gasteiger partial charge < -0.3 is 0 Å². The average Bonchev–Trinajstić information content (AvgIpc) is 2.49. The fraction of sp³-hybridized carbons (Fsp3) is 0.944. The molecule has 20 heavy (non-hydrogen) atoms. The maximum absolute atomic E-state index is 4.72. The summed E-state index contributed by atoms with van der Waals surface area (Å²) >= 11 is 4.72. The Morgan fingerprint density at radius 2 is 1.75 bits per heavy atom. The molecule has 0 aromatic carbocycles. The third-order valence-corrected chi connectivity index (χ3v) is 5.88.